The van der Waals surface area contributed by atoms with Gasteiger partial charge in [0.2, 0.25) is 0 Å². The van der Waals surface area contributed by atoms with Gasteiger partial charge in [-0.05, 0) is 0 Å². The molecule has 0 aliphatic carbocycles. The van der Waals surface area contributed by atoms with Gasteiger partial charge in [0.25, 0.3) is 0 Å². The first-order chi connectivity index (χ1) is 7.52. The van der Waals surface area contributed by atoms with E-state index in [1.165, 1.54) is 11.1 Å². The van der Waals surface area contributed by atoms with Crippen LogP contribution in [-0.4, -0.2) is 4.21 Å². The van der Waals surface area contributed by atoms with E-state index in [9.17, 15) is 0 Å². The fraction of sp³-hybridized carbons (Fsp3) is 0.154. The Labute approximate surface area is 113 Å². The predicted octanol–water partition coefficient (Wildman–Crippen LogP) is 4.77. The van der Waals surface area contributed by atoms with Crippen molar-refractivity contribution in [3.63, 3.8) is 0 Å². The van der Waals surface area contributed by atoms with Crippen LogP contribution in [0.25, 0.3) is 0 Å². The normalized spacial score (nSPS) is 8.25. The third-order valence-corrected chi connectivity index (χ3v) is 1.66. The monoisotopic (exact) mass is 332 g/mol. The fourth-order valence-corrected chi connectivity index (χ4v) is 0.940. The Kier molecular flexibility index (Phi) is 10.2. The molecular formula is C13H16Cl2Zr-2. The fourth-order valence-electron chi connectivity index (χ4n) is 0.940. The molecule has 0 saturated heterocycles. The Bertz CT molecular complexity index is 324. The summed E-state index contributed by atoms with van der Waals surface area (Å²) in [5.41, 5.74) is 2.69. The Morgan fingerprint density at radius 2 is 1.31 bits per heavy atom. The second-order valence-corrected chi connectivity index (χ2v) is 11.5. The van der Waals surface area contributed by atoms with Gasteiger partial charge in [-0.3, -0.25) is 0 Å². The van der Waals surface area contributed by atoms with Crippen molar-refractivity contribution in [2.24, 2.45) is 0 Å². The van der Waals surface area contributed by atoms with E-state index < -0.39 is 18.9 Å². The Morgan fingerprint density at radius 3 is 1.38 bits per heavy atom. The van der Waals surface area contributed by atoms with E-state index in [1.807, 2.05) is 24.3 Å². The molecule has 0 aliphatic heterocycles. The van der Waals surface area contributed by atoms with E-state index in [4.69, 9.17) is 17.0 Å². The molecule has 0 amide bonds. The molecule has 0 fully saturated rings. The molecule has 0 heterocycles. The van der Waals surface area contributed by atoms with Crippen molar-refractivity contribution in [3.8, 4) is 0 Å². The van der Waals surface area contributed by atoms with Crippen LogP contribution in [0.5, 0.6) is 0 Å². The summed E-state index contributed by atoms with van der Waals surface area (Å²) >= 11 is -1.85. The molecule has 0 aliphatic rings. The van der Waals surface area contributed by atoms with Gasteiger partial charge >= 0.3 is 40.1 Å². The zero-order valence-corrected chi connectivity index (χ0v) is 13.6. The molecule has 2 aromatic carbocycles. The maximum absolute atomic E-state index is 5.13. The molecule has 0 saturated carbocycles. The molecule has 88 valence electrons. The van der Waals surface area contributed by atoms with Crippen LogP contribution >= 0.6 is 17.0 Å². The van der Waals surface area contributed by atoms with Gasteiger partial charge in [-0.15, -0.1) is 0 Å². The first-order valence-corrected chi connectivity index (χ1v) is 13.0. The average molecular weight is 334 g/mol. The van der Waals surface area contributed by atoms with Crippen LogP contribution in [0.3, 0.4) is 0 Å². The molecule has 3 heteroatoms. The first-order valence-electron chi connectivity index (χ1n) is 4.89. The molecule has 2 rings (SSSR count). The van der Waals surface area contributed by atoms with Gasteiger partial charge in [0, 0.05) is 0 Å². The summed E-state index contributed by atoms with van der Waals surface area (Å²) in [5.74, 6) is 0. The number of halogens is 2. The number of hydrogen-bond donors (Lipinski definition) is 0. The van der Waals surface area contributed by atoms with Crippen LogP contribution in [0.4, 0.5) is 0 Å². The first kappa shape index (κ1) is 16.0. The van der Waals surface area contributed by atoms with Crippen molar-refractivity contribution in [2.45, 2.75) is 13.8 Å². The standard InChI is InChI=1S/2C6H7.CH2.2ClH.Zr/c2*1-6-4-2-3-5-6;;;;/h2*2-5H,1H3;1H2;2*1H;/q2*-1;;;;+2/p-2. The van der Waals surface area contributed by atoms with Crippen molar-refractivity contribution in [2.75, 3.05) is 0 Å². The van der Waals surface area contributed by atoms with Crippen molar-refractivity contribution < 1.29 is 18.9 Å². The van der Waals surface area contributed by atoms with Gasteiger partial charge in [-0.2, -0.15) is 36.4 Å². The van der Waals surface area contributed by atoms with E-state index in [2.05, 4.69) is 42.3 Å². The van der Waals surface area contributed by atoms with Crippen LogP contribution in [0.2, 0.25) is 0 Å². The topological polar surface area (TPSA) is 0 Å². The molecule has 0 N–H and O–H groups in total. The van der Waals surface area contributed by atoms with Gasteiger partial charge in [0.05, 0.1) is 0 Å². The SMILES string of the molecule is Cc1cc[cH-]c1.Cc1cc[cH-]c1.[CH2]=[Zr]([Cl])[Cl]. The number of rotatable bonds is 0. The molecule has 2 aromatic rings. The number of hydrogen-bond acceptors (Lipinski definition) is 0. The summed E-state index contributed by atoms with van der Waals surface area (Å²) < 4.78 is 3.37. The van der Waals surface area contributed by atoms with Crippen LogP contribution < -0.4 is 0 Å². The number of aryl methyl sites for hydroxylation is 2. The van der Waals surface area contributed by atoms with E-state index in [0.717, 1.165) is 0 Å². The Morgan fingerprint density at radius 1 is 1.00 bits per heavy atom. The van der Waals surface area contributed by atoms with Gasteiger partial charge in [0.1, 0.15) is 0 Å². The van der Waals surface area contributed by atoms with E-state index in [0.29, 0.717) is 0 Å². The van der Waals surface area contributed by atoms with E-state index in [1.54, 1.807) is 0 Å². The summed E-state index contributed by atoms with van der Waals surface area (Å²) in [4.78, 5) is 0. The van der Waals surface area contributed by atoms with Crippen LogP contribution in [0.1, 0.15) is 11.1 Å². The van der Waals surface area contributed by atoms with Crippen molar-refractivity contribution in [1.82, 2.24) is 0 Å². The minimum absolute atomic E-state index is 1.34. The van der Waals surface area contributed by atoms with Crippen LogP contribution in [0.15, 0.2) is 48.5 Å². The van der Waals surface area contributed by atoms with Gasteiger partial charge in [0.15, 0.2) is 0 Å². The van der Waals surface area contributed by atoms with E-state index >= 15 is 0 Å². The van der Waals surface area contributed by atoms with Crippen molar-refractivity contribution in [3.05, 3.63) is 59.7 Å². The van der Waals surface area contributed by atoms with Gasteiger partial charge in [-0.25, -0.2) is 23.3 Å². The summed E-state index contributed by atoms with van der Waals surface area (Å²) in [5, 5.41) is 0. The second kappa shape index (κ2) is 10.2. The molecular weight excluding hydrogens is 318 g/mol. The molecule has 16 heavy (non-hydrogen) atoms. The molecule has 0 aromatic heterocycles. The quantitative estimate of drug-likeness (QED) is 0.609. The summed E-state index contributed by atoms with van der Waals surface area (Å²) in [6.07, 6.45) is 0. The Balaban J connectivity index is 0.000000217. The second-order valence-electron chi connectivity index (χ2n) is 3.26. The summed E-state index contributed by atoms with van der Waals surface area (Å²) in [6.45, 7) is 4.17. The minimum atomic E-state index is -1.85. The third-order valence-electron chi connectivity index (χ3n) is 1.66. The molecule has 0 atom stereocenters. The molecule has 0 radical (unpaired) electrons. The molecule has 0 nitrogen and oxygen atoms in total. The Hall–Kier alpha value is 0.0331. The molecule has 0 spiro atoms. The third kappa shape index (κ3) is 12.1. The summed E-state index contributed by atoms with van der Waals surface area (Å²) in [6, 6.07) is 16.5. The van der Waals surface area contributed by atoms with Crippen LogP contribution in [0, 0.1) is 13.8 Å². The zero-order chi connectivity index (χ0) is 12.4. The average Bonchev–Trinajstić information content (AvgIpc) is 2.78. The summed E-state index contributed by atoms with van der Waals surface area (Å²) in [7, 11) is 10.3. The van der Waals surface area contributed by atoms with Crippen molar-refractivity contribution >= 4 is 21.2 Å². The molecule has 0 unspecified atom stereocenters. The van der Waals surface area contributed by atoms with Crippen LogP contribution in [-0.2, 0) is 18.9 Å². The van der Waals surface area contributed by atoms with Crippen molar-refractivity contribution in [1.29, 1.82) is 0 Å². The van der Waals surface area contributed by atoms with E-state index in [-0.39, 0.29) is 0 Å². The van der Waals surface area contributed by atoms with Gasteiger partial charge in [-0.1, -0.05) is 13.8 Å². The molecule has 0 bridgehead atoms. The predicted molar refractivity (Wildman–Crippen MR) is 72.4 cm³/mol. The van der Waals surface area contributed by atoms with Gasteiger partial charge < -0.3 is 0 Å². The maximum atomic E-state index is 5.13. The zero-order valence-electron chi connectivity index (χ0n) is 9.58.